The molecule has 2 N–H and O–H groups in total. The van der Waals surface area contributed by atoms with Crippen LogP contribution in [-0.4, -0.2) is 0 Å². The summed E-state index contributed by atoms with van der Waals surface area (Å²) >= 11 is 3.45. The highest BCUT2D eigenvalue weighted by Crippen LogP contribution is 2.26. The van der Waals surface area contributed by atoms with Crippen LogP contribution >= 0.6 is 15.9 Å². The van der Waals surface area contributed by atoms with Crippen LogP contribution < -0.4 is 5.73 Å². The molecule has 3 heteroatoms. The van der Waals surface area contributed by atoms with E-state index in [9.17, 15) is 4.39 Å². The summed E-state index contributed by atoms with van der Waals surface area (Å²) in [4.78, 5) is 0. The lowest BCUT2D eigenvalue weighted by Gasteiger charge is -2.14. The van der Waals surface area contributed by atoms with E-state index in [1.165, 1.54) is 6.07 Å². The fourth-order valence-electron chi connectivity index (χ4n) is 2.34. The molecule has 1 unspecified atom stereocenters. The predicted octanol–water partition coefficient (Wildman–Crippen LogP) is 4.79. The van der Waals surface area contributed by atoms with Crippen molar-refractivity contribution in [3.05, 3.63) is 82.1 Å². The monoisotopic (exact) mass is 329 g/mol. The lowest BCUT2D eigenvalue weighted by molar-refractivity contribution is 0.600. The summed E-state index contributed by atoms with van der Waals surface area (Å²) in [6, 6.07) is 18.2. The van der Waals surface area contributed by atoms with Crippen LogP contribution in [0.5, 0.6) is 0 Å². The molecule has 0 bridgehead atoms. The maximum absolute atomic E-state index is 13.8. The first-order valence-electron chi connectivity index (χ1n) is 6.34. The topological polar surface area (TPSA) is 26.0 Å². The average molecular weight is 330 g/mol. The number of halogens is 2. The van der Waals surface area contributed by atoms with E-state index in [-0.39, 0.29) is 5.82 Å². The third-order valence-corrected chi connectivity index (χ3v) is 3.92. The van der Waals surface area contributed by atoms with Crippen LogP contribution in [0.25, 0.3) is 10.8 Å². The minimum Gasteiger partial charge on any atom is -0.320 e. The molecule has 0 aliphatic heterocycles. The Balaban J connectivity index is 2.06. The van der Waals surface area contributed by atoms with Gasteiger partial charge in [0.15, 0.2) is 0 Å². The first-order chi connectivity index (χ1) is 9.65. The van der Waals surface area contributed by atoms with Crippen molar-refractivity contribution < 1.29 is 4.39 Å². The lowest BCUT2D eigenvalue weighted by atomic mass is 9.97. The van der Waals surface area contributed by atoms with E-state index < -0.39 is 6.04 Å². The molecule has 0 heterocycles. The average Bonchev–Trinajstić information content (AvgIpc) is 2.46. The van der Waals surface area contributed by atoms with Crippen molar-refractivity contribution in [2.45, 2.75) is 6.04 Å². The second-order valence-corrected chi connectivity index (χ2v) is 5.67. The van der Waals surface area contributed by atoms with Crippen molar-refractivity contribution in [1.29, 1.82) is 0 Å². The molecule has 0 aliphatic rings. The third kappa shape index (κ3) is 2.47. The van der Waals surface area contributed by atoms with Crippen LogP contribution in [0.4, 0.5) is 4.39 Å². The molecule has 0 saturated carbocycles. The van der Waals surface area contributed by atoms with Gasteiger partial charge in [0.2, 0.25) is 0 Å². The van der Waals surface area contributed by atoms with Gasteiger partial charge in [0.25, 0.3) is 0 Å². The third-order valence-electron chi connectivity index (χ3n) is 3.43. The highest BCUT2D eigenvalue weighted by molar-refractivity contribution is 9.10. The number of benzene rings is 3. The summed E-state index contributed by atoms with van der Waals surface area (Å²) in [5.41, 5.74) is 7.61. The Hall–Kier alpha value is -1.71. The predicted molar refractivity (Wildman–Crippen MR) is 84.1 cm³/mol. The van der Waals surface area contributed by atoms with Gasteiger partial charge >= 0.3 is 0 Å². The number of nitrogens with two attached hydrogens (primary N) is 1. The molecular weight excluding hydrogens is 317 g/mol. The van der Waals surface area contributed by atoms with Gasteiger partial charge < -0.3 is 5.73 Å². The molecule has 3 aromatic rings. The van der Waals surface area contributed by atoms with Gasteiger partial charge in [-0.1, -0.05) is 52.3 Å². The smallest absolute Gasteiger partial charge is 0.128 e. The first kappa shape index (κ1) is 13.3. The van der Waals surface area contributed by atoms with Crippen molar-refractivity contribution in [3.63, 3.8) is 0 Å². The highest BCUT2D eigenvalue weighted by atomic mass is 79.9. The molecule has 3 aromatic carbocycles. The van der Waals surface area contributed by atoms with E-state index >= 15 is 0 Å². The molecule has 0 radical (unpaired) electrons. The van der Waals surface area contributed by atoms with Gasteiger partial charge in [-0.05, 0) is 40.6 Å². The van der Waals surface area contributed by atoms with Gasteiger partial charge in [-0.3, -0.25) is 0 Å². The van der Waals surface area contributed by atoms with Crippen molar-refractivity contribution in [3.8, 4) is 0 Å². The fraction of sp³-hybridized carbons (Fsp3) is 0.0588. The second kappa shape index (κ2) is 5.35. The summed E-state index contributed by atoms with van der Waals surface area (Å²) in [5, 5.41) is 2.22. The van der Waals surface area contributed by atoms with Crippen LogP contribution in [0, 0.1) is 5.82 Å². The van der Waals surface area contributed by atoms with Gasteiger partial charge in [-0.25, -0.2) is 4.39 Å². The minimum atomic E-state index is -0.454. The number of hydrogen-bond acceptors (Lipinski definition) is 1. The van der Waals surface area contributed by atoms with Crippen LogP contribution in [0.15, 0.2) is 65.1 Å². The zero-order valence-corrected chi connectivity index (χ0v) is 12.3. The van der Waals surface area contributed by atoms with E-state index in [0.717, 1.165) is 20.8 Å². The SMILES string of the molecule is NC(c1ccc2cc(Br)ccc2c1)c1ccccc1F. The Labute approximate surface area is 125 Å². The highest BCUT2D eigenvalue weighted by Gasteiger charge is 2.13. The fourth-order valence-corrected chi connectivity index (χ4v) is 2.71. The molecule has 0 aliphatic carbocycles. The van der Waals surface area contributed by atoms with Gasteiger partial charge in [0.05, 0.1) is 6.04 Å². The molecule has 0 saturated heterocycles. The maximum atomic E-state index is 13.8. The summed E-state index contributed by atoms with van der Waals surface area (Å²) in [7, 11) is 0. The molecule has 1 atom stereocenters. The Morgan fingerprint density at radius 1 is 0.900 bits per heavy atom. The largest absolute Gasteiger partial charge is 0.320 e. The van der Waals surface area contributed by atoms with E-state index in [1.54, 1.807) is 18.2 Å². The lowest BCUT2D eigenvalue weighted by Crippen LogP contribution is -2.13. The quantitative estimate of drug-likeness (QED) is 0.718. The first-order valence-corrected chi connectivity index (χ1v) is 7.14. The van der Waals surface area contributed by atoms with Gasteiger partial charge in [0.1, 0.15) is 5.82 Å². The van der Waals surface area contributed by atoms with Crippen LogP contribution in [0.2, 0.25) is 0 Å². The second-order valence-electron chi connectivity index (χ2n) is 4.75. The Morgan fingerprint density at radius 3 is 2.40 bits per heavy atom. The van der Waals surface area contributed by atoms with E-state index in [2.05, 4.69) is 15.9 Å². The molecule has 0 spiro atoms. The van der Waals surface area contributed by atoms with Gasteiger partial charge in [-0.2, -0.15) is 0 Å². The summed E-state index contributed by atoms with van der Waals surface area (Å²) < 4.78 is 14.8. The number of rotatable bonds is 2. The summed E-state index contributed by atoms with van der Waals surface area (Å²) in [6.07, 6.45) is 0. The summed E-state index contributed by atoms with van der Waals surface area (Å²) in [5.74, 6) is -0.268. The van der Waals surface area contributed by atoms with Crippen molar-refractivity contribution in [1.82, 2.24) is 0 Å². The Bertz CT molecular complexity index is 770. The Morgan fingerprint density at radius 2 is 1.60 bits per heavy atom. The molecule has 100 valence electrons. The normalized spacial score (nSPS) is 12.6. The number of fused-ring (bicyclic) bond motifs is 1. The molecule has 0 aromatic heterocycles. The molecule has 20 heavy (non-hydrogen) atoms. The van der Waals surface area contributed by atoms with Crippen LogP contribution in [-0.2, 0) is 0 Å². The zero-order valence-electron chi connectivity index (χ0n) is 10.7. The van der Waals surface area contributed by atoms with E-state index in [1.807, 2.05) is 36.4 Å². The van der Waals surface area contributed by atoms with Crippen molar-refractivity contribution >= 4 is 26.7 Å². The molecular formula is C17H13BrFN. The van der Waals surface area contributed by atoms with E-state index in [0.29, 0.717) is 5.56 Å². The van der Waals surface area contributed by atoms with Crippen molar-refractivity contribution in [2.24, 2.45) is 5.73 Å². The van der Waals surface area contributed by atoms with Gasteiger partial charge in [-0.15, -0.1) is 0 Å². The van der Waals surface area contributed by atoms with Gasteiger partial charge in [0, 0.05) is 10.0 Å². The van der Waals surface area contributed by atoms with Crippen molar-refractivity contribution in [2.75, 3.05) is 0 Å². The standard InChI is InChI=1S/C17H13BrFN/c18-14-8-7-11-9-13(6-5-12(11)10-14)17(20)15-3-1-2-4-16(15)19/h1-10,17H,20H2. The van der Waals surface area contributed by atoms with Crippen LogP contribution in [0.1, 0.15) is 17.2 Å². The summed E-state index contributed by atoms with van der Waals surface area (Å²) in [6.45, 7) is 0. The van der Waals surface area contributed by atoms with E-state index in [4.69, 9.17) is 5.73 Å². The number of hydrogen-bond donors (Lipinski definition) is 1. The maximum Gasteiger partial charge on any atom is 0.128 e. The Kier molecular flexibility index (Phi) is 3.55. The molecule has 3 rings (SSSR count). The minimum absolute atomic E-state index is 0.268. The molecule has 1 nitrogen and oxygen atoms in total. The molecule has 0 fully saturated rings. The molecule has 0 amide bonds. The zero-order chi connectivity index (χ0) is 14.1. The van der Waals surface area contributed by atoms with Crippen LogP contribution in [0.3, 0.4) is 0 Å².